The summed E-state index contributed by atoms with van der Waals surface area (Å²) in [7, 11) is 0. The predicted octanol–water partition coefficient (Wildman–Crippen LogP) is 1.13. The van der Waals surface area contributed by atoms with Crippen LogP contribution in [0, 0.1) is 18.3 Å². The predicted molar refractivity (Wildman–Crippen MR) is 54.9 cm³/mol. The number of carboxylic acid groups (broad SMARTS) is 1. The normalized spacial score (nSPS) is 11.7. The molecule has 1 unspecified atom stereocenters. The Morgan fingerprint density at radius 2 is 2.40 bits per heavy atom. The fourth-order valence-electron chi connectivity index (χ4n) is 1.22. The Hall–Kier alpha value is -1.89. The van der Waals surface area contributed by atoms with Gasteiger partial charge in [-0.25, -0.2) is 0 Å². The van der Waals surface area contributed by atoms with Crippen LogP contribution in [0.15, 0.2) is 18.6 Å². The molecule has 0 saturated carbocycles. The van der Waals surface area contributed by atoms with Gasteiger partial charge in [0.1, 0.15) is 5.92 Å². The van der Waals surface area contributed by atoms with Crippen molar-refractivity contribution in [2.45, 2.75) is 19.3 Å². The SMILES string of the molecule is C#CC(CCCc1cnccn1)C(=O)O. The number of hydrogen-bond donors (Lipinski definition) is 1. The summed E-state index contributed by atoms with van der Waals surface area (Å²) in [6.45, 7) is 0. The molecule has 1 atom stereocenters. The van der Waals surface area contributed by atoms with Crippen molar-refractivity contribution in [1.29, 1.82) is 0 Å². The maximum absolute atomic E-state index is 10.6. The number of aryl methyl sites for hydroxylation is 1. The lowest BCUT2D eigenvalue weighted by Crippen LogP contribution is -2.11. The Balaban J connectivity index is 2.34. The van der Waals surface area contributed by atoms with Crippen LogP contribution in [-0.4, -0.2) is 21.0 Å². The molecule has 0 spiro atoms. The van der Waals surface area contributed by atoms with E-state index in [1.165, 1.54) is 0 Å². The molecule has 0 bridgehead atoms. The highest BCUT2D eigenvalue weighted by Crippen LogP contribution is 2.08. The average Bonchev–Trinajstić information content (AvgIpc) is 2.25. The lowest BCUT2D eigenvalue weighted by atomic mass is 10.0. The van der Waals surface area contributed by atoms with Gasteiger partial charge >= 0.3 is 5.97 Å². The zero-order valence-electron chi connectivity index (χ0n) is 8.26. The Labute approximate surface area is 88.4 Å². The van der Waals surface area contributed by atoms with Crippen LogP contribution in [-0.2, 0) is 11.2 Å². The van der Waals surface area contributed by atoms with Gasteiger partial charge in [-0.1, -0.05) is 5.92 Å². The number of nitrogens with zero attached hydrogens (tertiary/aromatic N) is 2. The minimum absolute atomic E-state index is 0.475. The summed E-state index contributed by atoms with van der Waals surface area (Å²) >= 11 is 0. The molecule has 1 N–H and O–H groups in total. The van der Waals surface area contributed by atoms with Gasteiger partial charge < -0.3 is 5.11 Å². The Morgan fingerprint density at radius 1 is 1.60 bits per heavy atom. The first-order chi connectivity index (χ1) is 7.24. The second-order valence-corrected chi connectivity index (χ2v) is 3.15. The molecule has 0 aliphatic rings. The van der Waals surface area contributed by atoms with Crippen molar-refractivity contribution >= 4 is 5.97 Å². The molecule has 0 saturated heterocycles. The van der Waals surface area contributed by atoms with E-state index in [-0.39, 0.29) is 0 Å². The monoisotopic (exact) mass is 204 g/mol. The van der Waals surface area contributed by atoms with Crippen molar-refractivity contribution in [3.8, 4) is 12.3 Å². The van der Waals surface area contributed by atoms with Crippen molar-refractivity contribution in [1.82, 2.24) is 9.97 Å². The van der Waals surface area contributed by atoms with Gasteiger partial charge in [0.05, 0.1) is 5.69 Å². The fraction of sp³-hybridized carbons (Fsp3) is 0.364. The minimum atomic E-state index is -0.934. The van der Waals surface area contributed by atoms with Crippen LogP contribution in [0.3, 0.4) is 0 Å². The van der Waals surface area contributed by atoms with Crippen molar-refractivity contribution in [2.24, 2.45) is 5.92 Å². The van der Waals surface area contributed by atoms with Gasteiger partial charge in [-0.05, 0) is 19.3 Å². The molecule has 1 aromatic heterocycles. The minimum Gasteiger partial charge on any atom is -0.480 e. The summed E-state index contributed by atoms with van der Waals surface area (Å²) in [5, 5.41) is 8.70. The third-order valence-electron chi connectivity index (χ3n) is 2.04. The van der Waals surface area contributed by atoms with E-state index in [0.717, 1.165) is 5.69 Å². The van der Waals surface area contributed by atoms with E-state index >= 15 is 0 Å². The maximum Gasteiger partial charge on any atom is 0.318 e. The maximum atomic E-state index is 10.6. The highest BCUT2D eigenvalue weighted by Gasteiger charge is 2.13. The van der Waals surface area contributed by atoms with Crippen molar-refractivity contribution in [2.75, 3.05) is 0 Å². The Kier molecular flexibility index (Phi) is 4.30. The first kappa shape index (κ1) is 11.2. The van der Waals surface area contributed by atoms with Gasteiger partial charge in [0.25, 0.3) is 0 Å². The second-order valence-electron chi connectivity index (χ2n) is 3.15. The van der Waals surface area contributed by atoms with Gasteiger partial charge in [0.2, 0.25) is 0 Å². The van der Waals surface area contributed by atoms with Gasteiger partial charge in [0, 0.05) is 18.6 Å². The lowest BCUT2D eigenvalue weighted by Gasteiger charge is -2.04. The van der Waals surface area contributed by atoms with Gasteiger partial charge in [-0.2, -0.15) is 0 Å². The third-order valence-corrected chi connectivity index (χ3v) is 2.04. The number of carboxylic acids is 1. The largest absolute Gasteiger partial charge is 0.480 e. The van der Waals surface area contributed by atoms with Gasteiger partial charge in [0.15, 0.2) is 0 Å². The van der Waals surface area contributed by atoms with Crippen LogP contribution < -0.4 is 0 Å². The van der Waals surface area contributed by atoms with Crippen LogP contribution >= 0.6 is 0 Å². The van der Waals surface area contributed by atoms with E-state index in [1.54, 1.807) is 18.6 Å². The molecule has 4 nitrogen and oxygen atoms in total. The smallest absolute Gasteiger partial charge is 0.318 e. The number of aliphatic carboxylic acids is 1. The molecule has 0 aliphatic heterocycles. The summed E-state index contributed by atoms with van der Waals surface area (Å²) in [4.78, 5) is 18.6. The Bertz CT molecular complexity index is 357. The topological polar surface area (TPSA) is 63.1 Å². The van der Waals surface area contributed by atoms with E-state index in [9.17, 15) is 4.79 Å². The summed E-state index contributed by atoms with van der Waals surface area (Å²) in [6, 6.07) is 0. The average molecular weight is 204 g/mol. The molecule has 0 radical (unpaired) electrons. The number of rotatable bonds is 5. The van der Waals surface area contributed by atoms with Crippen LogP contribution in [0.5, 0.6) is 0 Å². The number of hydrogen-bond acceptors (Lipinski definition) is 3. The van der Waals surface area contributed by atoms with Crippen LogP contribution in [0.25, 0.3) is 0 Å². The van der Waals surface area contributed by atoms with Gasteiger partial charge in [-0.3, -0.25) is 14.8 Å². The number of carbonyl (C=O) groups is 1. The second kappa shape index (κ2) is 5.76. The van der Waals surface area contributed by atoms with E-state index in [4.69, 9.17) is 11.5 Å². The summed E-state index contributed by atoms with van der Waals surface area (Å²) in [5.41, 5.74) is 0.860. The third kappa shape index (κ3) is 3.77. The van der Waals surface area contributed by atoms with E-state index in [0.29, 0.717) is 19.3 Å². The molecule has 78 valence electrons. The van der Waals surface area contributed by atoms with E-state index in [1.807, 2.05) is 0 Å². The summed E-state index contributed by atoms with van der Waals surface area (Å²) < 4.78 is 0. The lowest BCUT2D eigenvalue weighted by molar-refractivity contribution is -0.139. The molecule has 0 amide bonds. The van der Waals surface area contributed by atoms with Crippen molar-refractivity contribution < 1.29 is 9.90 Å². The molecular formula is C11H12N2O2. The zero-order valence-corrected chi connectivity index (χ0v) is 8.26. The summed E-state index contributed by atoms with van der Waals surface area (Å²) in [6.07, 6.45) is 11.9. The first-order valence-corrected chi connectivity index (χ1v) is 4.68. The number of terminal acetylenes is 1. The molecule has 0 fully saturated rings. The molecule has 0 aromatic carbocycles. The molecule has 1 heterocycles. The molecule has 0 aliphatic carbocycles. The molecular weight excluding hydrogens is 192 g/mol. The van der Waals surface area contributed by atoms with Crippen LogP contribution in [0.2, 0.25) is 0 Å². The standard InChI is InChI=1S/C11H12N2O2/c1-2-9(11(14)15)4-3-5-10-8-12-6-7-13-10/h1,6-9H,3-5H2,(H,14,15). The van der Waals surface area contributed by atoms with Crippen molar-refractivity contribution in [3.05, 3.63) is 24.3 Å². The molecule has 1 rings (SSSR count). The quantitative estimate of drug-likeness (QED) is 0.730. The molecule has 4 heteroatoms. The number of aromatic nitrogens is 2. The van der Waals surface area contributed by atoms with E-state index < -0.39 is 11.9 Å². The Morgan fingerprint density at radius 3 is 2.93 bits per heavy atom. The summed E-state index contributed by atoms with van der Waals surface area (Å²) in [5.74, 6) is 0.626. The van der Waals surface area contributed by atoms with Crippen LogP contribution in [0.4, 0.5) is 0 Å². The fourth-order valence-corrected chi connectivity index (χ4v) is 1.22. The molecule has 15 heavy (non-hydrogen) atoms. The van der Waals surface area contributed by atoms with Crippen molar-refractivity contribution in [3.63, 3.8) is 0 Å². The zero-order chi connectivity index (χ0) is 11.1. The van der Waals surface area contributed by atoms with Gasteiger partial charge in [-0.15, -0.1) is 6.42 Å². The van der Waals surface area contributed by atoms with Crippen LogP contribution in [0.1, 0.15) is 18.5 Å². The first-order valence-electron chi connectivity index (χ1n) is 4.68. The van der Waals surface area contributed by atoms with E-state index in [2.05, 4.69) is 15.9 Å². The highest BCUT2D eigenvalue weighted by atomic mass is 16.4. The molecule has 1 aromatic rings. The highest BCUT2D eigenvalue weighted by molar-refractivity contribution is 5.73.